The van der Waals surface area contributed by atoms with Crippen LogP contribution in [0.25, 0.3) is 5.57 Å². The summed E-state index contributed by atoms with van der Waals surface area (Å²) in [6.07, 6.45) is 7.84. The Balaban J connectivity index is 1.62. The van der Waals surface area contributed by atoms with Gasteiger partial charge in [0, 0.05) is 5.56 Å². The molecule has 0 aromatic heterocycles. The zero-order chi connectivity index (χ0) is 19.6. The molecule has 0 saturated heterocycles. The van der Waals surface area contributed by atoms with E-state index in [9.17, 15) is 4.79 Å². The summed E-state index contributed by atoms with van der Waals surface area (Å²) >= 11 is 0. The monoisotopic (exact) mass is 376 g/mol. The molecular weight excluding hydrogens is 352 g/mol. The summed E-state index contributed by atoms with van der Waals surface area (Å²) < 4.78 is 0. The fourth-order valence-electron chi connectivity index (χ4n) is 5.21. The fourth-order valence-corrected chi connectivity index (χ4v) is 5.21. The Labute approximate surface area is 172 Å². The first-order valence-corrected chi connectivity index (χ1v) is 10.4. The van der Waals surface area contributed by atoms with E-state index in [0.29, 0.717) is 23.7 Å². The molecule has 2 bridgehead atoms. The number of benzene rings is 3. The molecule has 5 rings (SSSR count). The number of rotatable bonds is 5. The number of ketones is 1. The van der Waals surface area contributed by atoms with Gasteiger partial charge in [-0.05, 0) is 52.9 Å². The summed E-state index contributed by atoms with van der Waals surface area (Å²) in [7, 11) is 0. The highest BCUT2D eigenvalue weighted by Gasteiger charge is 2.46. The van der Waals surface area contributed by atoms with Crippen molar-refractivity contribution < 1.29 is 4.79 Å². The van der Waals surface area contributed by atoms with Crippen LogP contribution in [0.4, 0.5) is 0 Å². The van der Waals surface area contributed by atoms with Gasteiger partial charge in [-0.1, -0.05) is 103 Å². The second kappa shape index (κ2) is 7.67. The number of hydrogen-bond acceptors (Lipinski definition) is 1. The first-order valence-electron chi connectivity index (χ1n) is 10.4. The van der Waals surface area contributed by atoms with Crippen LogP contribution in [0.1, 0.15) is 33.8 Å². The van der Waals surface area contributed by atoms with E-state index in [0.717, 1.165) is 11.1 Å². The number of carbonyl (C=O) groups excluding carboxylic acids is 1. The van der Waals surface area contributed by atoms with Gasteiger partial charge in [0.15, 0.2) is 5.78 Å². The fraction of sp³-hybridized carbons (Fsp3) is 0.179. The van der Waals surface area contributed by atoms with Crippen LogP contribution in [0.2, 0.25) is 0 Å². The maximum absolute atomic E-state index is 13.1. The van der Waals surface area contributed by atoms with Gasteiger partial charge in [0.05, 0.1) is 0 Å². The molecular formula is C28H24O. The second-order valence-corrected chi connectivity index (χ2v) is 8.11. The number of carbonyl (C=O) groups is 1. The summed E-state index contributed by atoms with van der Waals surface area (Å²) in [5.41, 5.74) is 4.45. The van der Waals surface area contributed by atoms with Gasteiger partial charge in [-0.15, -0.1) is 0 Å². The minimum atomic E-state index is 0.0861. The van der Waals surface area contributed by atoms with Crippen LogP contribution in [0.5, 0.6) is 0 Å². The normalized spacial score (nSPS) is 25.3. The van der Waals surface area contributed by atoms with E-state index in [1.54, 1.807) is 0 Å². The van der Waals surface area contributed by atoms with Crippen LogP contribution in [0, 0.1) is 17.8 Å². The Bertz CT molecular complexity index is 1050. The highest BCUT2D eigenvalue weighted by molar-refractivity contribution is 6.08. The lowest BCUT2D eigenvalue weighted by Gasteiger charge is -2.31. The zero-order valence-corrected chi connectivity index (χ0v) is 16.3. The Kier molecular flexibility index (Phi) is 4.73. The zero-order valence-electron chi connectivity index (χ0n) is 16.3. The molecule has 2 aliphatic rings. The maximum atomic E-state index is 13.1. The topological polar surface area (TPSA) is 17.1 Å². The summed E-state index contributed by atoms with van der Waals surface area (Å²) in [6, 6.07) is 30.9. The van der Waals surface area contributed by atoms with Crippen molar-refractivity contribution >= 4 is 11.4 Å². The summed E-state index contributed by atoms with van der Waals surface area (Å²) in [5.74, 6) is 1.86. The van der Waals surface area contributed by atoms with Gasteiger partial charge < -0.3 is 0 Å². The van der Waals surface area contributed by atoms with Crippen molar-refractivity contribution in [2.75, 3.05) is 0 Å². The molecule has 4 atom stereocenters. The lowest BCUT2D eigenvalue weighted by molar-refractivity contribution is 0.104. The van der Waals surface area contributed by atoms with Crippen molar-refractivity contribution in [2.45, 2.75) is 12.3 Å². The molecule has 4 unspecified atom stereocenters. The molecule has 29 heavy (non-hydrogen) atoms. The molecule has 1 fully saturated rings. The van der Waals surface area contributed by atoms with Gasteiger partial charge in [-0.2, -0.15) is 0 Å². The van der Waals surface area contributed by atoms with E-state index in [-0.39, 0.29) is 5.78 Å². The summed E-state index contributed by atoms with van der Waals surface area (Å²) in [4.78, 5) is 13.1. The predicted octanol–water partition coefficient (Wildman–Crippen LogP) is 6.56. The number of fused-ring (bicyclic) bond motifs is 2. The molecule has 0 aliphatic heterocycles. The molecule has 0 heterocycles. The van der Waals surface area contributed by atoms with Crippen LogP contribution < -0.4 is 0 Å². The third-order valence-electron chi connectivity index (χ3n) is 6.45. The van der Waals surface area contributed by atoms with Crippen LogP contribution in [0.15, 0.2) is 109 Å². The molecule has 0 amide bonds. The first-order chi connectivity index (χ1) is 14.3. The van der Waals surface area contributed by atoms with Gasteiger partial charge in [0.25, 0.3) is 0 Å². The Morgan fingerprint density at radius 2 is 1.24 bits per heavy atom. The molecule has 142 valence electrons. The average molecular weight is 376 g/mol. The SMILES string of the molecule is O=C(/C=C(\c1ccccc1)C1C2C=CC(C2)C1c1ccccc1)c1ccccc1. The molecule has 1 heteroatoms. The smallest absolute Gasteiger partial charge is 0.186 e. The molecule has 2 aliphatic carbocycles. The van der Waals surface area contributed by atoms with Gasteiger partial charge in [-0.3, -0.25) is 4.79 Å². The number of allylic oxidation sites excluding steroid dienone is 4. The van der Waals surface area contributed by atoms with E-state index in [1.165, 1.54) is 17.6 Å². The molecule has 1 nitrogen and oxygen atoms in total. The van der Waals surface area contributed by atoms with Gasteiger partial charge in [0.2, 0.25) is 0 Å². The van der Waals surface area contributed by atoms with Crippen molar-refractivity contribution in [3.63, 3.8) is 0 Å². The molecule has 0 radical (unpaired) electrons. The van der Waals surface area contributed by atoms with Crippen LogP contribution in [-0.4, -0.2) is 5.78 Å². The molecule has 0 spiro atoms. The highest BCUT2D eigenvalue weighted by atomic mass is 16.1. The van der Waals surface area contributed by atoms with Gasteiger partial charge >= 0.3 is 0 Å². The standard InChI is InChI=1S/C28H24O/c29-26(21-12-6-2-7-13-21)19-25(20-10-4-1-5-11-20)28-24-17-16-23(18-24)27(28)22-14-8-3-9-15-22/h1-17,19,23-24,27-28H,18H2/b25-19+. The Morgan fingerprint density at radius 1 is 0.690 bits per heavy atom. The lowest BCUT2D eigenvalue weighted by Crippen LogP contribution is -2.20. The van der Waals surface area contributed by atoms with Crippen LogP contribution in [0.3, 0.4) is 0 Å². The van der Waals surface area contributed by atoms with E-state index in [1.807, 2.05) is 42.5 Å². The second-order valence-electron chi connectivity index (χ2n) is 8.11. The third-order valence-corrected chi connectivity index (χ3v) is 6.45. The minimum absolute atomic E-state index is 0.0861. The van der Waals surface area contributed by atoms with Crippen molar-refractivity contribution in [1.82, 2.24) is 0 Å². The lowest BCUT2D eigenvalue weighted by atomic mass is 9.72. The molecule has 3 aromatic rings. The Hall–Kier alpha value is -3.19. The summed E-state index contributed by atoms with van der Waals surface area (Å²) in [6.45, 7) is 0. The summed E-state index contributed by atoms with van der Waals surface area (Å²) in [5, 5.41) is 0. The predicted molar refractivity (Wildman–Crippen MR) is 119 cm³/mol. The van der Waals surface area contributed by atoms with Crippen molar-refractivity contribution in [1.29, 1.82) is 0 Å². The molecule has 3 aromatic carbocycles. The largest absolute Gasteiger partial charge is 0.289 e. The quantitative estimate of drug-likeness (QED) is 0.280. The van der Waals surface area contributed by atoms with Gasteiger partial charge in [-0.25, -0.2) is 0 Å². The molecule has 1 saturated carbocycles. The highest BCUT2D eigenvalue weighted by Crippen LogP contribution is 2.57. The third kappa shape index (κ3) is 3.38. The van der Waals surface area contributed by atoms with Crippen LogP contribution >= 0.6 is 0 Å². The van der Waals surface area contributed by atoms with E-state index in [4.69, 9.17) is 0 Å². The van der Waals surface area contributed by atoms with Gasteiger partial charge in [0.1, 0.15) is 0 Å². The van der Waals surface area contributed by atoms with E-state index in [2.05, 4.69) is 66.7 Å². The molecule has 0 N–H and O–H groups in total. The first kappa shape index (κ1) is 17.9. The maximum Gasteiger partial charge on any atom is 0.186 e. The van der Waals surface area contributed by atoms with Crippen molar-refractivity contribution in [3.8, 4) is 0 Å². The van der Waals surface area contributed by atoms with Crippen molar-refractivity contribution in [2.24, 2.45) is 17.8 Å². The van der Waals surface area contributed by atoms with Crippen LogP contribution in [-0.2, 0) is 0 Å². The number of hydrogen-bond donors (Lipinski definition) is 0. The van der Waals surface area contributed by atoms with E-state index < -0.39 is 0 Å². The van der Waals surface area contributed by atoms with Crippen molar-refractivity contribution in [3.05, 3.63) is 126 Å². The minimum Gasteiger partial charge on any atom is -0.289 e. The van der Waals surface area contributed by atoms with E-state index >= 15 is 0 Å². The average Bonchev–Trinajstić information content (AvgIpc) is 3.41. The Morgan fingerprint density at radius 3 is 1.90 bits per heavy atom.